The van der Waals surface area contributed by atoms with Crippen molar-refractivity contribution in [2.45, 2.75) is 70.4 Å². The van der Waals surface area contributed by atoms with Crippen LogP contribution < -0.4 is 0 Å². The second kappa shape index (κ2) is 6.72. The van der Waals surface area contributed by atoms with E-state index in [1.807, 2.05) is 0 Å². The van der Waals surface area contributed by atoms with Gasteiger partial charge in [0.1, 0.15) is 0 Å². The van der Waals surface area contributed by atoms with Crippen LogP contribution in [0, 0.1) is 5.92 Å². The van der Waals surface area contributed by atoms with Gasteiger partial charge in [-0.2, -0.15) is 0 Å². The second-order valence-corrected chi connectivity index (χ2v) is 6.15. The Morgan fingerprint density at radius 2 is 1.89 bits per heavy atom. The van der Waals surface area contributed by atoms with Gasteiger partial charge in [-0.05, 0) is 38.6 Å². The summed E-state index contributed by atoms with van der Waals surface area (Å²) in [4.78, 5) is 2.61. The Bertz CT molecular complexity index is 276. The van der Waals surface area contributed by atoms with Crippen LogP contribution in [0.1, 0.15) is 58.3 Å². The number of hydrogen-bond acceptors (Lipinski definition) is 2. The minimum absolute atomic E-state index is 0.0563. The average molecular weight is 251 g/mol. The minimum Gasteiger partial charge on any atom is -0.393 e. The maximum Gasteiger partial charge on any atom is 0.0583 e. The van der Waals surface area contributed by atoms with Crippen molar-refractivity contribution in [1.82, 2.24) is 4.90 Å². The summed E-state index contributed by atoms with van der Waals surface area (Å²) in [5.74, 6) is 0.517. The number of aliphatic hydroxyl groups is 1. The summed E-state index contributed by atoms with van der Waals surface area (Å²) >= 11 is 0. The zero-order chi connectivity index (χ0) is 13.0. The molecule has 2 nitrogen and oxygen atoms in total. The molecule has 0 aromatic carbocycles. The van der Waals surface area contributed by atoms with Gasteiger partial charge in [0.25, 0.3) is 0 Å². The lowest BCUT2D eigenvalue weighted by Crippen LogP contribution is -2.49. The highest BCUT2D eigenvalue weighted by Crippen LogP contribution is 2.34. The third-order valence-corrected chi connectivity index (χ3v) is 4.87. The molecule has 0 amide bonds. The highest BCUT2D eigenvalue weighted by atomic mass is 16.3. The molecule has 1 heterocycles. The van der Waals surface area contributed by atoms with E-state index in [2.05, 4.69) is 18.4 Å². The van der Waals surface area contributed by atoms with Crippen molar-refractivity contribution in [3.8, 4) is 0 Å². The summed E-state index contributed by atoms with van der Waals surface area (Å²) in [5, 5.41) is 10.3. The molecule has 3 atom stereocenters. The Labute approximate surface area is 112 Å². The first-order chi connectivity index (χ1) is 8.72. The number of piperidine rings is 1. The number of rotatable bonds is 4. The van der Waals surface area contributed by atoms with Crippen LogP contribution >= 0.6 is 0 Å². The summed E-state index contributed by atoms with van der Waals surface area (Å²) in [6.07, 6.45) is 9.71. The molecule has 2 rings (SSSR count). The van der Waals surface area contributed by atoms with Gasteiger partial charge >= 0.3 is 0 Å². The third-order valence-electron chi connectivity index (χ3n) is 4.87. The Morgan fingerprint density at radius 1 is 1.17 bits per heavy atom. The fraction of sp³-hybridized carbons (Fsp3) is 0.875. The van der Waals surface area contributed by atoms with E-state index in [0.717, 1.165) is 19.4 Å². The quantitative estimate of drug-likeness (QED) is 0.775. The molecule has 0 aromatic heterocycles. The highest BCUT2D eigenvalue weighted by Gasteiger charge is 2.35. The number of aliphatic hydroxyl groups excluding tert-OH is 1. The number of nitrogens with zero attached hydrogens (tertiary/aromatic N) is 1. The molecule has 104 valence electrons. The third kappa shape index (κ3) is 3.36. The molecule has 2 aliphatic rings. The summed E-state index contributed by atoms with van der Waals surface area (Å²) in [6.45, 7) is 8.60. The molecule has 1 aliphatic carbocycles. The predicted molar refractivity (Wildman–Crippen MR) is 76.6 cm³/mol. The fourth-order valence-electron chi connectivity index (χ4n) is 3.69. The maximum absolute atomic E-state index is 10.3. The van der Waals surface area contributed by atoms with Crippen molar-refractivity contribution in [3.05, 3.63) is 12.2 Å². The Morgan fingerprint density at radius 3 is 2.61 bits per heavy atom. The molecule has 0 spiro atoms. The average Bonchev–Trinajstić information content (AvgIpc) is 2.40. The van der Waals surface area contributed by atoms with Gasteiger partial charge in [0.15, 0.2) is 0 Å². The first-order valence-corrected chi connectivity index (χ1v) is 7.81. The molecule has 1 N–H and O–H groups in total. The summed E-state index contributed by atoms with van der Waals surface area (Å²) in [6, 6.07) is 0.609. The topological polar surface area (TPSA) is 23.5 Å². The molecule has 1 saturated heterocycles. The lowest BCUT2D eigenvalue weighted by molar-refractivity contribution is -0.00240. The van der Waals surface area contributed by atoms with Gasteiger partial charge in [0, 0.05) is 18.5 Å². The summed E-state index contributed by atoms with van der Waals surface area (Å²) in [5.41, 5.74) is 1.34. The van der Waals surface area contributed by atoms with E-state index in [9.17, 15) is 5.11 Å². The molecule has 0 radical (unpaired) electrons. The Kier molecular flexibility index (Phi) is 5.25. The van der Waals surface area contributed by atoms with Crippen LogP contribution in [0.4, 0.5) is 0 Å². The zero-order valence-electron chi connectivity index (χ0n) is 11.9. The van der Waals surface area contributed by atoms with Crippen LogP contribution in [0.3, 0.4) is 0 Å². The SMILES string of the molecule is C=C(CC)CN1CCCCC1C1CCCCC1O. The first-order valence-electron chi connectivity index (χ1n) is 7.81. The molecule has 18 heavy (non-hydrogen) atoms. The van der Waals surface area contributed by atoms with E-state index in [1.165, 1.54) is 50.6 Å². The molecule has 3 unspecified atom stereocenters. The van der Waals surface area contributed by atoms with E-state index < -0.39 is 0 Å². The van der Waals surface area contributed by atoms with E-state index in [-0.39, 0.29) is 6.10 Å². The molecule has 1 saturated carbocycles. The first kappa shape index (κ1) is 14.1. The van der Waals surface area contributed by atoms with Gasteiger partial charge in [-0.15, -0.1) is 0 Å². The lowest BCUT2D eigenvalue weighted by Gasteiger charge is -2.44. The van der Waals surface area contributed by atoms with Gasteiger partial charge in [-0.1, -0.05) is 38.3 Å². The molecular weight excluding hydrogens is 222 g/mol. The number of likely N-dealkylation sites (tertiary alicyclic amines) is 1. The fourth-order valence-corrected chi connectivity index (χ4v) is 3.69. The van der Waals surface area contributed by atoms with Gasteiger partial charge in [0.2, 0.25) is 0 Å². The van der Waals surface area contributed by atoms with Crippen LogP contribution in [-0.2, 0) is 0 Å². The molecule has 2 heteroatoms. The summed E-state index contributed by atoms with van der Waals surface area (Å²) < 4.78 is 0. The van der Waals surface area contributed by atoms with Gasteiger partial charge < -0.3 is 5.11 Å². The maximum atomic E-state index is 10.3. The van der Waals surface area contributed by atoms with E-state index in [1.54, 1.807) is 0 Å². The van der Waals surface area contributed by atoms with Crippen LogP contribution in [0.25, 0.3) is 0 Å². The minimum atomic E-state index is -0.0563. The highest BCUT2D eigenvalue weighted by molar-refractivity contribution is 4.99. The molecular formula is C16H29NO. The van der Waals surface area contributed by atoms with Gasteiger partial charge in [0.05, 0.1) is 6.10 Å². The Hall–Kier alpha value is -0.340. The second-order valence-electron chi connectivity index (χ2n) is 6.15. The molecule has 1 aliphatic heterocycles. The van der Waals surface area contributed by atoms with Gasteiger partial charge in [-0.3, -0.25) is 4.90 Å². The van der Waals surface area contributed by atoms with Crippen LogP contribution in [-0.4, -0.2) is 35.2 Å². The van der Waals surface area contributed by atoms with Gasteiger partial charge in [-0.25, -0.2) is 0 Å². The van der Waals surface area contributed by atoms with Crippen LogP contribution in [0.15, 0.2) is 12.2 Å². The molecule has 0 bridgehead atoms. The van der Waals surface area contributed by atoms with Crippen molar-refractivity contribution < 1.29 is 5.11 Å². The molecule has 0 aromatic rings. The lowest BCUT2D eigenvalue weighted by atomic mass is 9.78. The standard InChI is InChI=1S/C16H29NO/c1-3-13(2)12-17-11-7-6-9-15(17)14-8-4-5-10-16(14)18/h14-16,18H,2-12H2,1H3. The van der Waals surface area contributed by atoms with E-state index in [4.69, 9.17) is 0 Å². The van der Waals surface area contributed by atoms with Crippen molar-refractivity contribution in [2.75, 3.05) is 13.1 Å². The zero-order valence-corrected chi connectivity index (χ0v) is 11.9. The van der Waals surface area contributed by atoms with Crippen LogP contribution in [0.5, 0.6) is 0 Å². The monoisotopic (exact) mass is 251 g/mol. The largest absolute Gasteiger partial charge is 0.393 e. The molecule has 2 fully saturated rings. The normalized spacial score (nSPS) is 34.4. The van der Waals surface area contributed by atoms with Crippen molar-refractivity contribution in [3.63, 3.8) is 0 Å². The number of hydrogen-bond donors (Lipinski definition) is 1. The smallest absolute Gasteiger partial charge is 0.0583 e. The van der Waals surface area contributed by atoms with Crippen molar-refractivity contribution in [1.29, 1.82) is 0 Å². The van der Waals surface area contributed by atoms with E-state index in [0.29, 0.717) is 12.0 Å². The predicted octanol–water partition coefficient (Wildman–Crippen LogP) is 3.36. The van der Waals surface area contributed by atoms with Crippen LogP contribution in [0.2, 0.25) is 0 Å². The van der Waals surface area contributed by atoms with Crippen molar-refractivity contribution in [2.24, 2.45) is 5.92 Å². The van der Waals surface area contributed by atoms with E-state index >= 15 is 0 Å². The van der Waals surface area contributed by atoms with Crippen molar-refractivity contribution >= 4 is 0 Å². The Balaban J connectivity index is 1.99. The summed E-state index contributed by atoms with van der Waals surface area (Å²) in [7, 11) is 0.